The van der Waals surface area contributed by atoms with E-state index in [1.54, 1.807) is 0 Å². The Morgan fingerprint density at radius 1 is 0.345 bits per heavy atom. The van der Waals surface area contributed by atoms with E-state index in [0.717, 1.165) is 75.5 Å². The van der Waals surface area contributed by atoms with Crippen LogP contribution in [0.1, 0.15) is 279 Å². The molecule has 0 aliphatic carbocycles. The Labute approximate surface area is 361 Å². The molecule has 0 aromatic heterocycles. The van der Waals surface area contributed by atoms with Gasteiger partial charge in [0.2, 0.25) is 0 Å². The van der Waals surface area contributed by atoms with Crippen LogP contribution in [-0.2, 0) is 28.6 Å². The van der Waals surface area contributed by atoms with Crippen LogP contribution in [-0.4, -0.2) is 37.2 Å². The van der Waals surface area contributed by atoms with Crippen LogP contribution in [0.15, 0.2) is 0 Å². The molecule has 6 heteroatoms. The molecule has 0 aromatic rings. The number of esters is 3. The normalized spacial score (nSPS) is 12.6. The Bertz CT molecular complexity index is 900. The summed E-state index contributed by atoms with van der Waals surface area (Å²) < 4.78 is 16.8. The zero-order valence-electron chi connectivity index (χ0n) is 39.8. The molecule has 2 atom stereocenters. The van der Waals surface area contributed by atoms with E-state index in [4.69, 9.17) is 14.2 Å². The van der Waals surface area contributed by atoms with Gasteiger partial charge in [0.15, 0.2) is 6.10 Å². The minimum Gasteiger partial charge on any atom is -0.462 e. The highest BCUT2D eigenvalue weighted by atomic mass is 16.6. The molecule has 0 radical (unpaired) electrons. The van der Waals surface area contributed by atoms with Crippen molar-refractivity contribution in [1.29, 1.82) is 0 Å². The monoisotopic (exact) mass is 821 g/mol. The molecule has 0 saturated carbocycles. The van der Waals surface area contributed by atoms with Crippen LogP contribution in [0.2, 0.25) is 0 Å². The van der Waals surface area contributed by atoms with Gasteiger partial charge in [-0.2, -0.15) is 0 Å². The van der Waals surface area contributed by atoms with Gasteiger partial charge in [0, 0.05) is 19.3 Å². The van der Waals surface area contributed by atoms with Crippen molar-refractivity contribution < 1.29 is 28.6 Å². The second-order valence-electron chi connectivity index (χ2n) is 19.0. The maximum atomic E-state index is 12.8. The van der Waals surface area contributed by atoms with E-state index >= 15 is 0 Å². The van der Waals surface area contributed by atoms with Crippen LogP contribution in [0.4, 0.5) is 0 Å². The van der Waals surface area contributed by atoms with Crippen LogP contribution >= 0.6 is 0 Å². The van der Waals surface area contributed by atoms with Gasteiger partial charge in [0.25, 0.3) is 0 Å². The van der Waals surface area contributed by atoms with E-state index in [9.17, 15) is 14.4 Å². The van der Waals surface area contributed by atoms with Crippen molar-refractivity contribution in [1.82, 2.24) is 0 Å². The van der Waals surface area contributed by atoms with Gasteiger partial charge in [0.1, 0.15) is 13.2 Å². The van der Waals surface area contributed by atoms with Gasteiger partial charge in [-0.1, -0.05) is 241 Å². The quantitative estimate of drug-likeness (QED) is 0.0346. The molecular weight excluding hydrogens is 721 g/mol. The smallest absolute Gasteiger partial charge is 0.306 e. The Morgan fingerprint density at radius 2 is 0.603 bits per heavy atom. The van der Waals surface area contributed by atoms with Crippen molar-refractivity contribution in [3.63, 3.8) is 0 Å². The summed E-state index contributed by atoms with van der Waals surface area (Å²) in [6.45, 7) is 13.7. The predicted octanol–water partition coefficient (Wildman–Crippen LogP) is 16.4. The summed E-state index contributed by atoms with van der Waals surface area (Å²) in [7, 11) is 0. The Balaban J connectivity index is 4.31. The maximum absolute atomic E-state index is 12.8. The summed E-state index contributed by atoms with van der Waals surface area (Å²) in [5.74, 6) is 1.63. The fraction of sp³-hybridized carbons (Fsp3) is 0.942. The highest BCUT2D eigenvalue weighted by Gasteiger charge is 2.19. The van der Waals surface area contributed by atoms with Crippen LogP contribution in [0.5, 0.6) is 0 Å². The lowest BCUT2D eigenvalue weighted by Gasteiger charge is -2.18. The fourth-order valence-electron chi connectivity index (χ4n) is 7.73. The van der Waals surface area contributed by atoms with E-state index in [0.29, 0.717) is 19.3 Å². The molecule has 0 heterocycles. The Kier molecular flexibility index (Phi) is 42.3. The van der Waals surface area contributed by atoms with Gasteiger partial charge >= 0.3 is 17.9 Å². The van der Waals surface area contributed by atoms with Crippen molar-refractivity contribution in [3.8, 4) is 0 Å². The second kappa shape index (κ2) is 43.5. The van der Waals surface area contributed by atoms with E-state index < -0.39 is 6.10 Å². The predicted molar refractivity (Wildman–Crippen MR) is 247 cm³/mol. The third kappa shape index (κ3) is 44.0. The third-order valence-corrected chi connectivity index (χ3v) is 12.0. The first-order valence-corrected chi connectivity index (χ1v) is 25.6. The van der Waals surface area contributed by atoms with E-state index in [2.05, 4.69) is 41.5 Å². The van der Waals surface area contributed by atoms with Crippen molar-refractivity contribution in [3.05, 3.63) is 0 Å². The van der Waals surface area contributed by atoms with Crippen LogP contribution in [0.3, 0.4) is 0 Å². The van der Waals surface area contributed by atoms with Crippen molar-refractivity contribution in [2.75, 3.05) is 13.2 Å². The molecule has 0 aliphatic rings. The first kappa shape index (κ1) is 56.4. The van der Waals surface area contributed by atoms with Gasteiger partial charge in [-0.3, -0.25) is 14.4 Å². The molecular formula is C52H100O6. The number of unbranched alkanes of at least 4 members (excludes halogenated alkanes) is 27. The molecule has 0 bridgehead atoms. The van der Waals surface area contributed by atoms with Crippen LogP contribution in [0.25, 0.3) is 0 Å². The molecule has 0 saturated heterocycles. The lowest BCUT2D eigenvalue weighted by atomic mass is 9.99. The largest absolute Gasteiger partial charge is 0.462 e. The summed E-state index contributed by atoms with van der Waals surface area (Å²) in [6.07, 6.45) is 42.3. The third-order valence-electron chi connectivity index (χ3n) is 12.0. The molecule has 0 rings (SSSR count). The Hall–Kier alpha value is -1.59. The number of carbonyl (C=O) groups is 3. The van der Waals surface area contributed by atoms with Gasteiger partial charge in [-0.15, -0.1) is 0 Å². The number of hydrogen-bond donors (Lipinski definition) is 0. The lowest BCUT2D eigenvalue weighted by molar-refractivity contribution is -0.167. The molecule has 58 heavy (non-hydrogen) atoms. The maximum Gasteiger partial charge on any atom is 0.306 e. The molecule has 6 nitrogen and oxygen atoms in total. The molecule has 0 spiro atoms. The fourth-order valence-corrected chi connectivity index (χ4v) is 7.73. The van der Waals surface area contributed by atoms with Crippen LogP contribution < -0.4 is 0 Å². The highest BCUT2D eigenvalue weighted by molar-refractivity contribution is 5.71. The standard InChI is InChI=1S/C52H100O6/c1-7-48(6)40-34-28-22-16-13-14-17-23-29-35-41-50(53)56-44-49(45-57-51(54)42-36-30-25-19-21-27-33-39-47(4)5)58-52(55)43-37-31-24-18-12-10-8-9-11-15-20-26-32-38-46(2)3/h46-49H,7-45H2,1-6H3/t48?,49-/m1/s1. The topological polar surface area (TPSA) is 78.9 Å². The zero-order valence-corrected chi connectivity index (χ0v) is 39.8. The number of ether oxygens (including phenoxy) is 3. The van der Waals surface area contributed by atoms with Crippen molar-refractivity contribution >= 4 is 17.9 Å². The highest BCUT2D eigenvalue weighted by Crippen LogP contribution is 2.18. The average Bonchev–Trinajstić information content (AvgIpc) is 3.19. The summed E-state index contributed by atoms with van der Waals surface area (Å²) in [5, 5.41) is 0. The number of hydrogen-bond acceptors (Lipinski definition) is 6. The van der Waals surface area contributed by atoms with Crippen LogP contribution in [0, 0.1) is 17.8 Å². The molecule has 0 fully saturated rings. The molecule has 344 valence electrons. The van der Waals surface area contributed by atoms with Crippen molar-refractivity contribution in [2.24, 2.45) is 17.8 Å². The molecule has 0 aromatic carbocycles. The summed E-state index contributed by atoms with van der Waals surface area (Å²) >= 11 is 0. The number of rotatable bonds is 45. The van der Waals surface area contributed by atoms with Gasteiger partial charge in [-0.05, 0) is 37.0 Å². The van der Waals surface area contributed by atoms with Gasteiger partial charge in [-0.25, -0.2) is 0 Å². The van der Waals surface area contributed by atoms with Crippen molar-refractivity contribution in [2.45, 2.75) is 285 Å². The first-order chi connectivity index (χ1) is 28.1. The molecule has 0 N–H and O–H groups in total. The van der Waals surface area contributed by atoms with Gasteiger partial charge < -0.3 is 14.2 Å². The average molecular weight is 821 g/mol. The van der Waals surface area contributed by atoms with E-state index in [1.165, 1.54) is 161 Å². The minimum atomic E-state index is -0.763. The SMILES string of the molecule is CCC(C)CCCCCCCCCCCCC(=O)OC[C@H](COC(=O)CCCCCCCCCC(C)C)OC(=O)CCCCCCCCCCCCCCCC(C)C. The van der Waals surface area contributed by atoms with Gasteiger partial charge in [0.05, 0.1) is 0 Å². The second-order valence-corrected chi connectivity index (χ2v) is 19.0. The first-order valence-electron chi connectivity index (χ1n) is 25.6. The zero-order chi connectivity index (χ0) is 42.7. The lowest BCUT2D eigenvalue weighted by Crippen LogP contribution is -2.30. The summed E-state index contributed by atoms with van der Waals surface area (Å²) in [4.78, 5) is 37.9. The summed E-state index contributed by atoms with van der Waals surface area (Å²) in [6, 6.07) is 0. The molecule has 1 unspecified atom stereocenters. The minimum absolute atomic E-state index is 0.0653. The number of carbonyl (C=O) groups excluding carboxylic acids is 3. The summed E-state index contributed by atoms with van der Waals surface area (Å²) in [5.41, 5.74) is 0. The van der Waals surface area contributed by atoms with E-state index in [1.807, 2.05) is 0 Å². The molecule has 0 amide bonds. The Morgan fingerprint density at radius 3 is 0.897 bits per heavy atom. The molecule has 0 aliphatic heterocycles. The van der Waals surface area contributed by atoms with E-state index in [-0.39, 0.29) is 31.1 Å².